The van der Waals surface area contributed by atoms with E-state index in [1.807, 2.05) is 0 Å². The van der Waals surface area contributed by atoms with Crippen LogP contribution < -0.4 is 48.3 Å². The van der Waals surface area contributed by atoms with Crippen LogP contribution in [0.15, 0.2) is 108 Å². The number of aliphatic hydroxyl groups excluding tert-OH is 1. The molecule has 11 rings (SSSR count). The zero-order chi connectivity index (χ0) is 92.4. The molecular formula is C86H110N14O28. The third-order valence-electron chi connectivity index (χ3n) is 24.4. The van der Waals surface area contributed by atoms with Gasteiger partial charge < -0.3 is 116 Å². The number of carboxylic acids is 1. The highest BCUT2D eigenvalue weighted by molar-refractivity contribution is 6.00. The van der Waals surface area contributed by atoms with Gasteiger partial charge in [-0.3, -0.25) is 67.6 Å². The Balaban J connectivity index is 0.641. The van der Waals surface area contributed by atoms with E-state index in [0.29, 0.717) is 19.3 Å². The molecule has 5 heterocycles. The van der Waals surface area contributed by atoms with Crippen molar-refractivity contribution in [2.24, 2.45) is 28.4 Å². The predicted octanol–water partition coefficient (Wildman–Crippen LogP) is -1.03. The van der Waals surface area contributed by atoms with Crippen molar-refractivity contribution in [1.82, 2.24) is 62.4 Å². The van der Waals surface area contributed by atoms with Crippen LogP contribution in [-0.4, -0.2) is 294 Å². The van der Waals surface area contributed by atoms with Crippen molar-refractivity contribution < 1.29 is 135 Å². The molecule has 14 N–H and O–H groups in total. The average Bonchev–Trinajstić information content (AvgIpc) is 0.679. The van der Waals surface area contributed by atoms with Crippen molar-refractivity contribution in [3.05, 3.63) is 131 Å². The number of guanidine groups is 1. The molecule has 128 heavy (non-hydrogen) atoms. The number of rotatable bonds is 38. The molecule has 8 amide bonds. The lowest BCUT2D eigenvalue weighted by Gasteiger charge is -2.67. The number of aliphatic carboxylic acids is 1. The minimum Gasteiger partial charge on any atom is -0.481 e. The maximum absolute atomic E-state index is 15.9. The number of nitrogens with two attached hydrogens (primary N) is 1. The highest BCUT2D eigenvalue weighted by atomic mass is 16.6. The fourth-order valence-corrected chi connectivity index (χ4v) is 18.0. The van der Waals surface area contributed by atoms with Crippen molar-refractivity contribution >= 4 is 94.8 Å². The summed E-state index contributed by atoms with van der Waals surface area (Å²) in [7, 11) is 0. The summed E-state index contributed by atoms with van der Waals surface area (Å²) in [6, 6.07) is 16.1. The average molecular weight is 1790 g/mol. The van der Waals surface area contributed by atoms with Crippen LogP contribution in [-0.2, 0) is 111 Å². The number of Topliss-reactive ketones (excluding diaryl/α,β-unsaturated/α-hetero) is 1. The van der Waals surface area contributed by atoms with E-state index in [2.05, 4.69) is 52.8 Å². The third-order valence-corrected chi connectivity index (χ3v) is 24.4. The molecule has 1 aromatic heterocycles. The molecule has 7 aliphatic rings. The molecule has 4 aliphatic heterocycles. The summed E-state index contributed by atoms with van der Waals surface area (Å²) >= 11 is 0. The van der Waals surface area contributed by atoms with Gasteiger partial charge in [0, 0.05) is 89.0 Å². The van der Waals surface area contributed by atoms with Crippen LogP contribution in [0, 0.1) is 28.1 Å². The summed E-state index contributed by atoms with van der Waals surface area (Å²) in [6.45, 7) is 6.94. The molecule has 4 bridgehead atoms. The van der Waals surface area contributed by atoms with Gasteiger partial charge in [0.2, 0.25) is 41.5 Å². The van der Waals surface area contributed by atoms with Crippen LogP contribution >= 0.6 is 0 Å². The van der Waals surface area contributed by atoms with Gasteiger partial charge in [0.15, 0.2) is 29.1 Å². The van der Waals surface area contributed by atoms with E-state index < -0.39 is 235 Å². The molecule has 4 saturated heterocycles. The van der Waals surface area contributed by atoms with Crippen LogP contribution in [0.4, 0.5) is 0 Å². The van der Waals surface area contributed by atoms with E-state index >= 15 is 9.59 Å². The zero-order valence-electron chi connectivity index (χ0n) is 71.7. The Bertz CT molecular complexity index is 4790. The van der Waals surface area contributed by atoms with Gasteiger partial charge in [0.05, 0.1) is 75.2 Å². The Morgan fingerprint density at radius 2 is 1.35 bits per heavy atom. The van der Waals surface area contributed by atoms with E-state index in [1.54, 1.807) is 54.6 Å². The lowest BCUT2D eigenvalue weighted by molar-refractivity contribution is -0.346. The number of hydrogen-bond acceptors (Lipinski definition) is 30. The lowest BCUT2D eigenvalue weighted by atomic mass is 9.44. The number of carbonyl (C=O) groups is 15. The van der Waals surface area contributed by atoms with Crippen LogP contribution in [0.2, 0.25) is 0 Å². The number of piperidine rings is 1. The Morgan fingerprint density at radius 1 is 0.711 bits per heavy atom. The highest BCUT2D eigenvalue weighted by Gasteiger charge is 2.78. The molecule has 2 saturated carbocycles. The Morgan fingerprint density at radius 3 is 1.98 bits per heavy atom. The first-order valence-electron chi connectivity index (χ1n) is 42.3. The molecule has 0 spiro atoms. The number of amides is 8. The van der Waals surface area contributed by atoms with Gasteiger partial charge in [-0.25, -0.2) is 14.4 Å². The summed E-state index contributed by atoms with van der Waals surface area (Å²) < 4.78 is 60.7. The van der Waals surface area contributed by atoms with E-state index in [0.717, 1.165) is 13.8 Å². The smallest absolute Gasteiger partial charge is 0.350 e. The van der Waals surface area contributed by atoms with Gasteiger partial charge in [-0.15, -0.1) is 5.10 Å². The fourth-order valence-electron chi connectivity index (χ4n) is 18.0. The second-order valence-corrected chi connectivity index (χ2v) is 33.2. The molecule has 4 aromatic rings. The molecule has 6 fully saturated rings. The number of esters is 5. The van der Waals surface area contributed by atoms with E-state index in [4.69, 9.17) is 58.5 Å². The number of carbonyl (C=O) groups excluding carboxylic acids is 14. The maximum atomic E-state index is 15.9. The van der Waals surface area contributed by atoms with Gasteiger partial charge >= 0.3 is 35.8 Å². The molecule has 0 unspecified atom stereocenters. The van der Waals surface area contributed by atoms with Crippen LogP contribution in [0.1, 0.15) is 149 Å². The SMILES string of the molecule is CC(=O)O[C@H]1C(=O)[C@@]2(C)[C@H]([C@H](OC(=O)c3ccccc3)[C@]3(O)C[C@H](OC(=O)[C@H](OC(=O)COCC(=O)NCCCOCCOCCOCCCNC(=O)c4cn(C[C@@H]5C[C@@H]6CC[C@H]7C(=O)N[C@@H](CCCNC(=N)N)C(=O)NCC(=O)N[C@@H](CC(=O)O)C(=O)N[C@H]5C(=O)N67)nn4)[C@@H](NC(=O)c4ccccc4)c4ccccc4)C(C)=C1C3(C)C)[C@]1(OC(C)=O)CO[C@@H]1C[C@@H]2O. The summed E-state index contributed by atoms with van der Waals surface area (Å²) in [6.07, 6.45) is -9.25. The van der Waals surface area contributed by atoms with Crippen molar-refractivity contribution in [2.75, 3.05) is 85.6 Å². The number of fused-ring (bicyclic) bond motifs is 6. The van der Waals surface area contributed by atoms with Crippen molar-refractivity contribution in [3.8, 4) is 0 Å². The first-order valence-corrected chi connectivity index (χ1v) is 42.3. The number of benzene rings is 3. The number of aromatic nitrogens is 3. The summed E-state index contributed by atoms with van der Waals surface area (Å²) in [5.41, 5.74) is -2.87. The van der Waals surface area contributed by atoms with Crippen LogP contribution in [0.25, 0.3) is 0 Å². The number of ether oxygens (including phenoxy) is 10. The van der Waals surface area contributed by atoms with Gasteiger partial charge in [0.25, 0.3) is 11.8 Å². The summed E-state index contributed by atoms with van der Waals surface area (Å²) in [5.74, 6) is -16.5. The highest BCUT2D eigenvalue weighted by Crippen LogP contribution is 2.65. The normalized spacial score (nSPS) is 27.0. The molecule has 3 aromatic carbocycles. The van der Waals surface area contributed by atoms with Gasteiger partial charge in [-0.1, -0.05) is 85.8 Å². The number of nitrogens with one attached hydrogen (secondary N) is 9. The summed E-state index contributed by atoms with van der Waals surface area (Å²) in [5, 5.41) is 72.6. The monoisotopic (exact) mass is 1790 g/mol. The Hall–Kier alpha value is -12.2. The molecule has 42 nitrogen and oxygen atoms in total. The number of nitrogens with zero attached hydrogens (tertiary/aromatic N) is 4. The topological polar surface area (TPSA) is 589 Å². The van der Waals surface area contributed by atoms with Crippen molar-refractivity contribution in [1.29, 1.82) is 5.41 Å². The number of hydrogen-bond donors (Lipinski definition) is 13. The van der Waals surface area contributed by atoms with Gasteiger partial charge in [-0.2, -0.15) is 0 Å². The summed E-state index contributed by atoms with van der Waals surface area (Å²) in [4.78, 5) is 210. The Kier molecular flexibility index (Phi) is 32.4. The second-order valence-electron chi connectivity index (χ2n) is 33.2. The molecule has 3 aliphatic carbocycles. The van der Waals surface area contributed by atoms with E-state index in [9.17, 15) is 77.6 Å². The largest absolute Gasteiger partial charge is 0.481 e. The zero-order valence-corrected chi connectivity index (χ0v) is 71.7. The Labute approximate surface area is 735 Å². The third kappa shape index (κ3) is 22.6. The van der Waals surface area contributed by atoms with Crippen molar-refractivity contribution in [2.45, 2.75) is 196 Å². The first kappa shape index (κ1) is 96.4. The standard InChI is InChI=1S/C86H110N14O28/c1-47-59(40-86(118)73(127-80(116)52-23-14-9-15-24-52)71-84(6,60(103)39-61-85(71,46-123-61)128-49(3)102)72(109)69(124-48(2)101)66(47)83(86,4)5)125-81(117)70(67(50-19-10-7-11-20-50)95-74(110)51-21-12-8-13-22-51)126-65(108)45-122-44-63(105)89-29-17-31-119-33-35-121-36-34-120-32-18-30-90-76(112)57-43-99(98-97-57)42-53-37-54-26-27-58-78(114)94-55(25-16-28-91-82(87)88)75(111)92-41-62(104)93-56(38-64(106)107)77(113)96-68(53)79(115)100(54)58/h7-15,19-24,43,53-56,58-61,67-71,73,103,118H,16-18,25-42,44-46H2,1-6H3,(H,89,105)(H,90,112)(H,92,111)(H,93,104)(H,94,114)(H,95,110)(H,96,113)(H,106,107)(H4,87,88,91)/t53-,54-,55-,56-,58-,59-,60-,61+,67-,68+,69+,70+,71-,73-,84+,85-,86+/m0/s1. The van der Waals surface area contributed by atoms with Gasteiger partial charge in [0.1, 0.15) is 67.3 Å². The van der Waals surface area contributed by atoms with Crippen molar-refractivity contribution in [3.63, 3.8) is 0 Å². The molecule has 17 atom stereocenters. The van der Waals surface area contributed by atoms with Crippen LogP contribution in [0.5, 0.6) is 0 Å². The maximum Gasteiger partial charge on any atom is 0.350 e. The quantitative estimate of drug-likeness (QED) is 0.00637. The molecule has 42 heteroatoms. The van der Waals surface area contributed by atoms with E-state index in [-0.39, 0.29) is 137 Å². The molecule has 0 radical (unpaired) electrons. The minimum absolute atomic E-state index is 0.00844. The lowest BCUT2D eigenvalue weighted by Crippen LogP contribution is -2.82. The van der Waals surface area contributed by atoms with Gasteiger partial charge in [-0.05, 0) is 99.8 Å². The molecular weight excluding hydrogens is 1680 g/mol. The number of ketones is 1. The molecule has 692 valence electrons. The number of carboxylic acid groups (broad SMARTS) is 1. The first-order chi connectivity index (χ1) is 61.1. The predicted molar refractivity (Wildman–Crippen MR) is 441 cm³/mol. The van der Waals surface area contributed by atoms with Crippen LogP contribution in [0.3, 0.4) is 0 Å². The van der Waals surface area contributed by atoms with E-state index in [1.165, 1.54) is 79.9 Å². The minimum atomic E-state index is -2.57. The second kappa shape index (κ2) is 43.1. The fraction of sp³-hybridized carbons (Fsp3) is 0.558. The number of aliphatic hydroxyl groups is 2.